The Morgan fingerprint density at radius 2 is 2.20 bits per heavy atom. The summed E-state index contributed by atoms with van der Waals surface area (Å²) in [5.41, 5.74) is 0.507. The van der Waals surface area contributed by atoms with Crippen LogP contribution in [0.15, 0.2) is 23.2 Å². The van der Waals surface area contributed by atoms with Crippen LogP contribution in [0.1, 0.15) is 13.8 Å². The molecule has 1 rings (SSSR count). The van der Waals surface area contributed by atoms with Crippen molar-refractivity contribution in [3.8, 4) is 0 Å². The van der Waals surface area contributed by atoms with E-state index >= 15 is 0 Å². The molecule has 0 aromatic rings. The molecule has 0 atom stereocenters. The average molecular weight is 140 g/mol. The maximum atomic E-state index is 10.6. The number of carbonyl (C=O) groups excluding carboxylic acids is 1. The Kier molecular flexibility index (Phi) is 1.49. The molecule has 0 spiro atoms. The third-order valence-electron chi connectivity index (χ3n) is 1.38. The topological polar surface area (TPSA) is 46.5 Å². The summed E-state index contributed by atoms with van der Waals surface area (Å²) in [6, 6.07) is 0. The highest BCUT2D eigenvalue weighted by molar-refractivity contribution is 5.91. The largest absolute Gasteiger partial charge is 0.502 e. The Morgan fingerprint density at radius 3 is 2.40 bits per heavy atom. The zero-order valence-corrected chi connectivity index (χ0v) is 5.84. The third-order valence-corrected chi connectivity index (χ3v) is 1.38. The fraction of sp³-hybridized carbons (Fsp3) is 0.286. The van der Waals surface area contributed by atoms with Gasteiger partial charge in [-0.25, -0.2) is 4.79 Å². The van der Waals surface area contributed by atoms with Gasteiger partial charge in [-0.3, -0.25) is 0 Å². The number of esters is 1. The van der Waals surface area contributed by atoms with E-state index in [1.165, 1.54) is 0 Å². The average Bonchev–Trinajstić information content (AvgIpc) is 2.17. The zero-order chi connectivity index (χ0) is 7.72. The summed E-state index contributed by atoms with van der Waals surface area (Å²) >= 11 is 0. The van der Waals surface area contributed by atoms with Crippen molar-refractivity contribution in [3.63, 3.8) is 0 Å². The molecule has 1 aliphatic heterocycles. The number of hydrogen-bond donors (Lipinski definition) is 1. The highest BCUT2D eigenvalue weighted by Crippen LogP contribution is 2.22. The molecular formula is C7H8O3. The number of aliphatic hydroxyl groups is 1. The summed E-state index contributed by atoms with van der Waals surface area (Å²) in [6.07, 6.45) is 1.64. The van der Waals surface area contributed by atoms with Crippen LogP contribution >= 0.6 is 0 Å². The number of ether oxygens (including phenoxy) is 1. The number of cyclic esters (lactones) is 1. The molecule has 54 valence electrons. The summed E-state index contributed by atoms with van der Waals surface area (Å²) < 4.78 is 4.63. The lowest BCUT2D eigenvalue weighted by molar-refractivity contribution is -0.135. The van der Waals surface area contributed by atoms with Crippen molar-refractivity contribution in [2.45, 2.75) is 13.8 Å². The summed E-state index contributed by atoms with van der Waals surface area (Å²) in [5.74, 6) is -0.499. The first kappa shape index (κ1) is 6.86. The van der Waals surface area contributed by atoms with E-state index in [1.807, 2.05) is 0 Å². The van der Waals surface area contributed by atoms with E-state index in [-0.39, 0.29) is 5.76 Å². The summed E-state index contributed by atoms with van der Waals surface area (Å²) in [7, 11) is 0. The monoisotopic (exact) mass is 140 g/mol. The molecule has 0 unspecified atom stereocenters. The van der Waals surface area contributed by atoms with Gasteiger partial charge in [0.15, 0.2) is 0 Å². The first-order chi connectivity index (χ1) is 4.66. The van der Waals surface area contributed by atoms with Crippen LogP contribution in [0.5, 0.6) is 0 Å². The fourth-order valence-corrected chi connectivity index (χ4v) is 0.770. The van der Waals surface area contributed by atoms with E-state index in [1.54, 1.807) is 19.9 Å². The van der Waals surface area contributed by atoms with Crippen molar-refractivity contribution in [2.75, 3.05) is 0 Å². The fourth-order valence-electron chi connectivity index (χ4n) is 0.770. The molecule has 0 aromatic carbocycles. The number of rotatable bonds is 0. The zero-order valence-electron chi connectivity index (χ0n) is 5.84. The molecular weight excluding hydrogens is 132 g/mol. The van der Waals surface area contributed by atoms with Crippen molar-refractivity contribution in [1.29, 1.82) is 0 Å². The van der Waals surface area contributed by atoms with Gasteiger partial charge < -0.3 is 9.84 Å². The highest BCUT2D eigenvalue weighted by Gasteiger charge is 2.25. The smallest absolute Gasteiger partial charge is 0.379 e. The minimum Gasteiger partial charge on any atom is -0.502 e. The van der Waals surface area contributed by atoms with E-state index in [9.17, 15) is 4.79 Å². The molecule has 0 fully saturated rings. The number of carbonyl (C=O) groups is 1. The maximum Gasteiger partial charge on any atom is 0.379 e. The van der Waals surface area contributed by atoms with Gasteiger partial charge in [-0.2, -0.15) is 0 Å². The molecule has 1 aliphatic rings. The van der Waals surface area contributed by atoms with Crippen LogP contribution in [-0.2, 0) is 9.53 Å². The lowest BCUT2D eigenvalue weighted by Gasteiger charge is -1.92. The van der Waals surface area contributed by atoms with E-state index < -0.39 is 5.97 Å². The lowest BCUT2D eigenvalue weighted by Crippen LogP contribution is -1.96. The molecule has 0 saturated heterocycles. The van der Waals surface area contributed by atoms with Gasteiger partial charge >= 0.3 is 5.97 Å². The van der Waals surface area contributed by atoms with Crippen LogP contribution < -0.4 is 0 Å². The first-order valence-corrected chi connectivity index (χ1v) is 2.95. The van der Waals surface area contributed by atoms with Crippen LogP contribution in [0.4, 0.5) is 0 Å². The third kappa shape index (κ3) is 0.795. The molecule has 0 saturated carbocycles. The Morgan fingerprint density at radius 1 is 1.60 bits per heavy atom. The van der Waals surface area contributed by atoms with Gasteiger partial charge in [0, 0.05) is 5.57 Å². The van der Waals surface area contributed by atoms with Crippen LogP contribution in [0.2, 0.25) is 0 Å². The number of hydrogen-bond acceptors (Lipinski definition) is 3. The Hall–Kier alpha value is -1.25. The second kappa shape index (κ2) is 2.17. The van der Waals surface area contributed by atoms with Gasteiger partial charge in [0.05, 0.1) is 0 Å². The van der Waals surface area contributed by atoms with Gasteiger partial charge in [0.25, 0.3) is 0 Å². The second-order valence-electron chi connectivity index (χ2n) is 2.02. The second-order valence-corrected chi connectivity index (χ2v) is 2.02. The SMILES string of the molecule is CC=C1OC(=O)C(O)=C1C. The summed E-state index contributed by atoms with van der Waals surface area (Å²) in [4.78, 5) is 10.6. The summed E-state index contributed by atoms with van der Waals surface area (Å²) in [5, 5.41) is 8.93. The summed E-state index contributed by atoms with van der Waals surface area (Å²) in [6.45, 7) is 3.38. The van der Waals surface area contributed by atoms with Gasteiger partial charge in [0.1, 0.15) is 5.76 Å². The van der Waals surface area contributed by atoms with Gasteiger partial charge in [-0.05, 0) is 19.9 Å². The Bertz CT molecular complexity index is 235. The van der Waals surface area contributed by atoms with E-state index in [0.29, 0.717) is 11.3 Å². The molecule has 0 amide bonds. The van der Waals surface area contributed by atoms with Crippen molar-refractivity contribution < 1.29 is 14.6 Å². The number of allylic oxidation sites excluding steroid dienone is 2. The standard InChI is InChI=1S/C7H8O3/c1-3-5-4(2)6(8)7(9)10-5/h3,8H,1-2H3. The van der Waals surface area contributed by atoms with Gasteiger partial charge in [-0.15, -0.1) is 0 Å². The van der Waals surface area contributed by atoms with Gasteiger partial charge in [-0.1, -0.05) is 0 Å². The van der Waals surface area contributed by atoms with Gasteiger partial charge in [0.2, 0.25) is 5.76 Å². The minimum atomic E-state index is -0.661. The van der Waals surface area contributed by atoms with Crippen molar-refractivity contribution in [2.24, 2.45) is 0 Å². The predicted molar refractivity (Wildman–Crippen MR) is 35.2 cm³/mol. The molecule has 3 nitrogen and oxygen atoms in total. The molecule has 0 aromatic heterocycles. The predicted octanol–water partition coefficient (Wildman–Crippen LogP) is 1.28. The Labute approximate surface area is 58.6 Å². The van der Waals surface area contributed by atoms with Crippen molar-refractivity contribution in [3.05, 3.63) is 23.2 Å². The lowest BCUT2D eigenvalue weighted by atomic mass is 10.2. The van der Waals surface area contributed by atoms with E-state index in [2.05, 4.69) is 4.74 Å². The molecule has 10 heavy (non-hydrogen) atoms. The van der Waals surface area contributed by atoms with Crippen LogP contribution in [0.25, 0.3) is 0 Å². The number of aliphatic hydroxyl groups excluding tert-OH is 1. The Balaban J connectivity index is 3.06. The molecule has 0 radical (unpaired) electrons. The minimum absolute atomic E-state index is 0.284. The van der Waals surface area contributed by atoms with E-state index in [0.717, 1.165) is 0 Å². The van der Waals surface area contributed by atoms with E-state index in [4.69, 9.17) is 5.11 Å². The molecule has 1 heterocycles. The molecule has 0 aliphatic carbocycles. The van der Waals surface area contributed by atoms with Crippen LogP contribution in [-0.4, -0.2) is 11.1 Å². The highest BCUT2D eigenvalue weighted by atomic mass is 16.6. The normalized spacial score (nSPS) is 22.2. The van der Waals surface area contributed by atoms with Crippen molar-refractivity contribution >= 4 is 5.97 Å². The van der Waals surface area contributed by atoms with Crippen LogP contribution in [0, 0.1) is 0 Å². The van der Waals surface area contributed by atoms with Crippen molar-refractivity contribution in [1.82, 2.24) is 0 Å². The first-order valence-electron chi connectivity index (χ1n) is 2.95. The molecule has 1 N–H and O–H groups in total. The molecule has 3 heteroatoms. The van der Waals surface area contributed by atoms with Crippen LogP contribution in [0.3, 0.4) is 0 Å². The maximum absolute atomic E-state index is 10.6. The molecule has 0 bridgehead atoms. The quantitative estimate of drug-likeness (QED) is 0.515.